The first-order valence-corrected chi connectivity index (χ1v) is 7.27. The van der Waals surface area contributed by atoms with E-state index < -0.39 is 5.54 Å². The Labute approximate surface area is 117 Å². The van der Waals surface area contributed by atoms with E-state index in [4.69, 9.17) is 4.74 Å². The Morgan fingerprint density at radius 3 is 2.63 bits per heavy atom. The van der Waals surface area contributed by atoms with Crippen molar-refractivity contribution in [3.8, 4) is 0 Å². The fraction of sp³-hybridized carbons (Fsp3) is 0.929. The molecule has 1 aliphatic heterocycles. The van der Waals surface area contributed by atoms with E-state index in [0.29, 0.717) is 19.2 Å². The Morgan fingerprint density at radius 1 is 1.42 bits per heavy atom. The number of hydrogen-bond donors (Lipinski definition) is 1. The highest BCUT2D eigenvalue weighted by Gasteiger charge is 2.37. The van der Waals surface area contributed by atoms with Crippen LogP contribution in [-0.2, 0) is 9.53 Å². The van der Waals surface area contributed by atoms with Gasteiger partial charge in [-0.3, -0.25) is 9.69 Å². The van der Waals surface area contributed by atoms with Crippen molar-refractivity contribution >= 4 is 5.97 Å². The molecule has 0 aromatic heterocycles. The molecule has 0 aliphatic carbocycles. The summed E-state index contributed by atoms with van der Waals surface area (Å²) in [4.78, 5) is 16.9. The lowest BCUT2D eigenvalue weighted by molar-refractivity contribution is -0.151. The van der Waals surface area contributed by atoms with E-state index in [9.17, 15) is 4.79 Å². The molecule has 1 N–H and O–H groups in total. The van der Waals surface area contributed by atoms with Crippen LogP contribution in [0.5, 0.6) is 0 Å². The SMILES string of the molecule is CCNC(C)(CN1CCN(C)CC1C)C(=O)OCC. The summed E-state index contributed by atoms with van der Waals surface area (Å²) >= 11 is 0. The van der Waals surface area contributed by atoms with Gasteiger partial charge in [-0.1, -0.05) is 6.92 Å². The lowest BCUT2D eigenvalue weighted by atomic mass is 9.99. The molecule has 5 heteroatoms. The van der Waals surface area contributed by atoms with Gasteiger partial charge in [0.05, 0.1) is 6.61 Å². The van der Waals surface area contributed by atoms with Gasteiger partial charge in [-0.2, -0.15) is 0 Å². The molecule has 1 heterocycles. The van der Waals surface area contributed by atoms with Crippen molar-refractivity contribution in [2.75, 3.05) is 46.4 Å². The van der Waals surface area contributed by atoms with Crippen molar-refractivity contribution in [3.63, 3.8) is 0 Å². The second kappa shape index (κ2) is 7.22. The zero-order chi connectivity index (χ0) is 14.5. The molecule has 19 heavy (non-hydrogen) atoms. The van der Waals surface area contributed by atoms with Crippen molar-refractivity contribution in [1.29, 1.82) is 0 Å². The number of esters is 1. The van der Waals surface area contributed by atoms with Crippen LogP contribution in [0.25, 0.3) is 0 Å². The van der Waals surface area contributed by atoms with Gasteiger partial charge in [0.2, 0.25) is 0 Å². The molecule has 2 unspecified atom stereocenters. The third-order valence-corrected chi connectivity index (χ3v) is 3.78. The van der Waals surface area contributed by atoms with Gasteiger partial charge in [-0.15, -0.1) is 0 Å². The van der Waals surface area contributed by atoms with E-state index in [2.05, 4.69) is 29.1 Å². The molecular formula is C14H29N3O2. The molecule has 0 amide bonds. The average molecular weight is 271 g/mol. The molecule has 5 nitrogen and oxygen atoms in total. The van der Waals surface area contributed by atoms with E-state index in [1.165, 1.54) is 0 Å². The van der Waals surface area contributed by atoms with Gasteiger partial charge in [0, 0.05) is 32.2 Å². The molecule has 2 atom stereocenters. The number of piperazine rings is 1. The second-order valence-corrected chi connectivity index (χ2v) is 5.66. The molecule has 1 aliphatic rings. The van der Waals surface area contributed by atoms with Crippen LogP contribution >= 0.6 is 0 Å². The van der Waals surface area contributed by atoms with Crippen LogP contribution < -0.4 is 5.32 Å². The first-order chi connectivity index (χ1) is 8.92. The van der Waals surface area contributed by atoms with E-state index in [-0.39, 0.29) is 5.97 Å². The van der Waals surface area contributed by atoms with Gasteiger partial charge in [0.1, 0.15) is 5.54 Å². The number of ether oxygens (including phenoxy) is 1. The average Bonchev–Trinajstić information content (AvgIpc) is 2.33. The Hall–Kier alpha value is -0.650. The van der Waals surface area contributed by atoms with E-state index in [1.807, 2.05) is 20.8 Å². The topological polar surface area (TPSA) is 44.8 Å². The highest BCUT2D eigenvalue weighted by atomic mass is 16.5. The standard InChI is InChI=1S/C14H29N3O2/c1-6-15-14(4,13(18)19-7-2)11-17-9-8-16(5)10-12(17)3/h12,15H,6-11H2,1-5H3. The minimum absolute atomic E-state index is 0.150. The van der Waals surface area contributed by atoms with E-state index in [0.717, 1.165) is 26.2 Å². The van der Waals surface area contributed by atoms with Crippen LogP contribution in [0.15, 0.2) is 0 Å². The first-order valence-electron chi connectivity index (χ1n) is 7.27. The monoisotopic (exact) mass is 271 g/mol. The Bertz CT molecular complexity index is 298. The summed E-state index contributed by atoms with van der Waals surface area (Å²) < 4.78 is 5.22. The number of nitrogens with one attached hydrogen (secondary N) is 1. The van der Waals surface area contributed by atoms with Gasteiger partial charge in [0.15, 0.2) is 0 Å². The van der Waals surface area contributed by atoms with Gasteiger partial charge in [-0.25, -0.2) is 0 Å². The van der Waals surface area contributed by atoms with Crippen molar-refractivity contribution in [2.24, 2.45) is 0 Å². The first kappa shape index (κ1) is 16.4. The molecule has 1 fully saturated rings. The zero-order valence-electron chi connectivity index (χ0n) is 13.0. The summed E-state index contributed by atoms with van der Waals surface area (Å²) in [5.41, 5.74) is -0.616. The minimum atomic E-state index is -0.616. The van der Waals surface area contributed by atoms with Crippen LogP contribution in [0.2, 0.25) is 0 Å². The number of likely N-dealkylation sites (N-methyl/N-ethyl adjacent to an activating group) is 2. The highest BCUT2D eigenvalue weighted by molar-refractivity contribution is 5.80. The molecule has 0 aromatic rings. The van der Waals surface area contributed by atoms with Gasteiger partial charge in [0.25, 0.3) is 0 Å². The summed E-state index contributed by atoms with van der Waals surface area (Å²) in [7, 11) is 2.14. The van der Waals surface area contributed by atoms with Gasteiger partial charge >= 0.3 is 5.97 Å². The van der Waals surface area contributed by atoms with E-state index in [1.54, 1.807) is 0 Å². The highest BCUT2D eigenvalue weighted by Crippen LogP contribution is 2.15. The molecule has 1 rings (SSSR count). The third-order valence-electron chi connectivity index (χ3n) is 3.78. The molecule has 0 aromatic carbocycles. The maximum Gasteiger partial charge on any atom is 0.327 e. The summed E-state index contributed by atoms with van der Waals surface area (Å²) in [6.45, 7) is 13.0. The normalized spacial score (nSPS) is 25.0. The smallest absolute Gasteiger partial charge is 0.327 e. The second-order valence-electron chi connectivity index (χ2n) is 5.66. The Balaban J connectivity index is 2.69. The lowest BCUT2D eigenvalue weighted by Crippen LogP contribution is -2.62. The molecule has 0 radical (unpaired) electrons. The Morgan fingerprint density at radius 2 is 2.11 bits per heavy atom. The van der Waals surface area contributed by atoms with E-state index >= 15 is 0 Å². The largest absolute Gasteiger partial charge is 0.465 e. The number of carbonyl (C=O) groups is 1. The zero-order valence-corrected chi connectivity index (χ0v) is 13.0. The predicted octanol–water partition coefficient (Wildman–Crippen LogP) is 0.554. The number of nitrogens with zero attached hydrogens (tertiary/aromatic N) is 2. The van der Waals surface area contributed by atoms with Crippen molar-refractivity contribution < 1.29 is 9.53 Å². The molecule has 112 valence electrons. The summed E-state index contributed by atoms with van der Waals surface area (Å²) in [6, 6.07) is 0.464. The fourth-order valence-electron chi connectivity index (χ4n) is 2.69. The third kappa shape index (κ3) is 4.44. The predicted molar refractivity (Wildman–Crippen MR) is 77.2 cm³/mol. The minimum Gasteiger partial charge on any atom is -0.465 e. The number of carbonyl (C=O) groups excluding carboxylic acids is 1. The Kier molecular flexibility index (Phi) is 6.23. The summed E-state index contributed by atoms with van der Waals surface area (Å²) in [6.07, 6.45) is 0. The van der Waals surface area contributed by atoms with Crippen LogP contribution in [0.1, 0.15) is 27.7 Å². The summed E-state index contributed by atoms with van der Waals surface area (Å²) in [5, 5.41) is 3.29. The van der Waals surface area contributed by atoms with Gasteiger partial charge in [-0.05, 0) is 34.4 Å². The maximum atomic E-state index is 12.2. The van der Waals surface area contributed by atoms with Crippen LogP contribution in [-0.4, -0.2) is 73.7 Å². The molecule has 0 bridgehead atoms. The van der Waals surface area contributed by atoms with Crippen molar-refractivity contribution in [1.82, 2.24) is 15.1 Å². The molecule has 1 saturated heterocycles. The summed E-state index contributed by atoms with van der Waals surface area (Å²) in [5.74, 6) is -0.150. The lowest BCUT2D eigenvalue weighted by Gasteiger charge is -2.42. The molecular weight excluding hydrogens is 242 g/mol. The molecule has 0 spiro atoms. The van der Waals surface area contributed by atoms with Crippen LogP contribution in [0.4, 0.5) is 0 Å². The number of rotatable bonds is 6. The maximum absolute atomic E-state index is 12.2. The van der Waals surface area contributed by atoms with Crippen LogP contribution in [0.3, 0.4) is 0 Å². The quantitative estimate of drug-likeness (QED) is 0.715. The van der Waals surface area contributed by atoms with Crippen molar-refractivity contribution in [3.05, 3.63) is 0 Å². The van der Waals surface area contributed by atoms with Gasteiger partial charge < -0.3 is 15.0 Å². The van der Waals surface area contributed by atoms with Crippen LogP contribution in [0, 0.1) is 0 Å². The molecule has 0 saturated carbocycles. The number of hydrogen-bond acceptors (Lipinski definition) is 5. The fourth-order valence-corrected chi connectivity index (χ4v) is 2.69. The van der Waals surface area contributed by atoms with Crippen molar-refractivity contribution in [2.45, 2.75) is 39.3 Å².